The van der Waals surface area contributed by atoms with Crippen LogP contribution in [0.1, 0.15) is 46.6 Å². The van der Waals surface area contributed by atoms with E-state index in [1.165, 1.54) is 14.2 Å². The largest absolute Gasteiger partial charge is 0.496 e. The fourth-order valence-corrected chi connectivity index (χ4v) is 5.69. The SMILES string of the molecule is COC(=O)c1ccc2nc(Cc3cc(F)c(-c4cccc(OCc5ccc(Cl)cc5OC)n4)cc3F)n(CC3(CC#N)CC3)c2c1. The van der Waals surface area contributed by atoms with Crippen molar-refractivity contribution in [1.82, 2.24) is 14.5 Å². The smallest absolute Gasteiger partial charge is 0.337 e. The lowest BCUT2D eigenvalue weighted by molar-refractivity contribution is 0.0601. The van der Waals surface area contributed by atoms with Crippen molar-refractivity contribution in [1.29, 1.82) is 5.26 Å². The molecule has 2 heterocycles. The first-order valence-electron chi connectivity index (χ1n) is 14.6. The van der Waals surface area contributed by atoms with Crippen LogP contribution in [0.3, 0.4) is 0 Å². The number of benzene rings is 3. The van der Waals surface area contributed by atoms with E-state index in [1.54, 1.807) is 54.6 Å². The van der Waals surface area contributed by atoms with E-state index < -0.39 is 17.6 Å². The molecule has 3 aromatic carbocycles. The van der Waals surface area contributed by atoms with Crippen LogP contribution >= 0.6 is 11.6 Å². The van der Waals surface area contributed by atoms with Gasteiger partial charge in [-0.25, -0.2) is 23.5 Å². The van der Waals surface area contributed by atoms with Gasteiger partial charge in [0.25, 0.3) is 0 Å². The molecule has 5 aromatic rings. The van der Waals surface area contributed by atoms with Gasteiger partial charge in [0, 0.05) is 47.0 Å². The summed E-state index contributed by atoms with van der Waals surface area (Å²) in [6, 6.07) is 19.6. The Morgan fingerprint density at radius 3 is 2.59 bits per heavy atom. The predicted octanol–water partition coefficient (Wildman–Crippen LogP) is 7.69. The van der Waals surface area contributed by atoms with Gasteiger partial charge < -0.3 is 18.8 Å². The van der Waals surface area contributed by atoms with Gasteiger partial charge in [0.15, 0.2) is 0 Å². The molecule has 234 valence electrons. The molecule has 0 spiro atoms. The second kappa shape index (κ2) is 12.8. The molecule has 1 fully saturated rings. The maximum Gasteiger partial charge on any atom is 0.337 e. The van der Waals surface area contributed by atoms with Crippen LogP contribution in [0.4, 0.5) is 8.78 Å². The third-order valence-corrected chi connectivity index (χ3v) is 8.50. The maximum atomic E-state index is 15.7. The zero-order chi connectivity index (χ0) is 32.4. The number of methoxy groups -OCH3 is 2. The van der Waals surface area contributed by atoms with Crippen molar-refractivity contribution in [3.63, 3.8) is 0 Å². The van der Waals surface area contributed by atoms with Crippen molar-refractivity contribution in [2.24, 2.45) is 5.41 Å². The molecule has 0 radical (unpaired) electrons. The summed E-state index contributed by atoms with van der Waals surface area (Å²) in [6.07, 6.45) is 2.10. The van der Waals surface area contributed by atoms with E-state index >= 15 is 8.78 Å². The molecule has 0 saturated heterocycles. The highest BCUT2D eigenvalue weighted by atomic mass is 35.5. The Bertz CT molecular complexity index is 2000. The molecule has 0 atom stereocenters. The highest BCUT2D eigenvalue weighted by Gasteiger charge is 2.43. The van der Waals surface area contributed by atoms with E-state index in [2.05, 4.69) is 11.1 Å². The first-order chi connectivity index (χ1) is 22.2. The highest BCUT2D eigenvalue weighted by molar-refractivity contribution is 6.30. The highest BCUT2D eigenvalue weighted by Crippen LogP contribution is 2.50. The molecule has 0 unspecified atom stereocenters. The van der Waals surface area contributed by atoms with Crippen LogP contribution in [-0.2, 0) is 24.3 Å². The Morgan fingerprint density at radius 1 is 1.02 bits per heavy atom. The van der Waals surface area contributed by atoms with Gasteiger partial charge in [-0.15, -0.1) is 0 Å². The lowest BCUT2D eigenvalue weighted by atomic mass is 10.0. The number of nitrogens with zero attached hydrogens (tertiary/aromatic N) is 4. The number of pyridine rings is 1. The summed E-state index contributed by atoms with van der Waals surface area (Å²) < 4.78 is 49.3. The summed E-state index contributed by atoms with van der Waals surface area (Å²) in [7, 11) is 2.84. The van der Waals surface area contributed by atoms with Crippen LogP contribution in [0.25, 0.3) is 22.3 Å². The summed E-state index contributed by atoms with van der Waals surface area (Å²) in [5, 5.41) is 9.93. The van der Waals surface area contributed by atoms with Gasteiger partial charge in [0.2, 0.25) is 5.88 Å². The van der Waals surface area contributed by atoms with Crippen molar-refractivity contribution < 1.29 is 27.8 Å². The number of hydrogen-bond acceptors (Lipinski definition) is 7. The second-order valence-electron chi connectivity index (χ2n) is 11.4. The Balaban J connectivity index is 1.28. The Labute approximate surface area is 269 Å². The number of fused-ring (bicyclic) bond motifs is 1. The maximum absolute atomic E-state index is 15.7. The van der Waals surface area contributed by atoms with Gasteiger partial charge in [0.05, 0.1) is 42.6 Å². The number of carbonyl (C=O) groups excluding carboxylic acids is 1. The fraction of sp³-hybridized carbons (Fsp3) is 0.257. The Hall–Kier alpha value is -5.01. The number of halogens is 3. The van der Waals surface area contributed by atoms with E-state index in [1.807, 2.05) is 4.57 Å². The zero-order valence-electron chi connectivity index (χ0n) is 25.1. The summed E-state index contributed by atoms with van der Waals surface area (Å²) in [6.45, 7) is 0.599. The van der Waals surface area contributed by atoms with Gasteiger partial charge in [-0.2, -0.15) is 5.26 Å². The molecule has 0 N–H and O–H groups in total. The van der Waals surface area contributed by atoms with E-state index in [9.17, 15) is 10.1 Å². The predicted molar refractivity (Wildman–Crippen MR) is 168 cm³/mol. The fourth-order valence-electron chi connectivity index (χ4n) is 5.52. The number of ether oxygens (including phenoxy) is 3. The van der Waals surface area contributed by atoms with Crippen LogP contribution < -0.4 is 9.47 Å². The van der Waals surface area contributed by atoms with Gasteiger partial charge >= 0.3 is 5.97 Å². The number of esters is 1. The van der Waals surface area contributed by atoms with E-state index in [0.29, 0.717) is 46.2 Å². The average Bonchev–Trinajstić information content (AvgIpc) is 3.74. The Kier molecular flexibility index (Phi) is 8.61. The topological polar surface area (TPSA) is 99.3 Å². The molecular formula is C35H29ClF2N4O4. The molecular weight excluding hydrogens is 614 g/mol. The van der Waals surface area contributed by atoms with Gasteiger partial charge in [-0.05, 0) is 66.9 Å². The van der Waals surface area contributed by atoms with Crippen LogP contribution in [-0.4, -0.2) is 34.7 Å². The monoisotopic (exact) mass is 642 g/mol. The van der Waals surface area contributed by atoms with Crippen LogP contribution in [0.2, 0.25) is 5.02 Å². The average molecular weight is 643 g/mol. The third kappa shape index (κ3) is 6.37. The molecule has 1 aliphatic rings. The minimum absolute atomic E-state index is 0.00654. The number of imidazole rings is 1. The van der Waals surface area contributed by atoms with Crippen molar-refractivity contribution >= 4 is 28.6 Å². The first kappa shape index (κ1) is 31.0. The normalized spacial score (nSPS) is 13.3. The molecule has 8 nitrogen and oxygen atoms in total. The third-order valence-electron chi connectivity index (χ3n) is 8.26. The van der Waals surface area contributed by atoms with E-state index in [-0.39, 0.29) is 41.1 Å². The van der Waals surface area contributed by atoms with Crippen molar-refractivity contribution in [3.8, 4) is 29.0 Å². The van der Waals surface area contributed by atoms with Crippen LogP contribution in [0, 0.1) is 28.4 Å². The number of hydrogen-bond donors (Lipinski definition) is 0. The summed E-state index contributed by atoms with van der Waals surface area (Å²) in [5.41, 5.74) is 2.44. The minimum atomic E-state index is -0.654. The molecule has 1 saturated carbocycles. The lowest BCUT2D eigenvalue weighted by Gasteiger charge is -2.16. The first-order valence-corrected chi connectivity index (χ1v) is 15.0. The molecule has 0 aliphatic heterocycles. The van der Waals surface area contributed by atoms with Crippen molar-refractivity contribution in [2.75, 3.05) is 14.2 Å². The van der Waals surface area contributed by atoms with Gasteiger partial charge in [-0.1, -0.05) is 23.7 Å². The van der Waals surface area contributed by atoms with Crippen molar-refractivity contribution in [2.45, 2.75) is 38.8 Å². The molecule has 11 heteroatoms. The Morgan fingerprint density at radius 2 is 1.85 bits per heavy atom. The van der Waals surface area contributed by atoms with E-state index in [0.717, 1.165) is 30.5 Å². The molecule has 6 rings (SSSR count). The standard InChI is InChI=1S/C35H29ClF2N4O4/c1-44-31-17-24(36)8-6-22(31)19-46-33-5-3-4-28(41-33)25-18-26(37)23(14-27(25)38)16-32-40-29-9-7-21(34(43)45-2)15-30(29)42(32)20-35(10-11-35)12-13-39/h3-9,14-15,17-18H,10-12,16,19-20H2,1-2H3. The number of rotatable bonds is 11. The summed E-state index contributed by atoms with van der Waals surface area (Å²) in [5.74, 6) is -0.488. The summed E-state index contributed by atoms with van der Waals surface area (Å²) >= 11 is 6.04. The molecule has 46 heavy (non-hydrogen) atoms. The zero-order valence-corrected chi connectivity index (χ0v) is 25.9. The number of carbonyl (C=O) groups is 1. The van der Waals surface area contributed by atoms with Gasteiger partial charge in [-0.3, -0.25) is 0 Å². The molecule has 2 aromatic heterocycles. The molecule has 0 bridgehead atoms. The van der Waals surface area contributed by atoms with E-state index in [4.69, 9.17) is 30.8 Å². The summed E-state index contributed by atoms with van der Waals surface area (Å²) in [4.78, 5) is 21.4. The van der Waals surface area contributed by atoms with Crippen LogP contribution in [0.15, 0.2) is 66.7 Å². The minimum Gasteiger partial charge on any atom is -0.496 e. The van der Waals surface area contributed by atoms with Gasteiger partial charge in [0.1, 0.15) is 29.8 Å². The molecule has 0 amide bonds. The molecule has 1 aliphatic carbocycles. The number of aromatic nitrogens is 3. The van der Waals surface area contributed by atoms with Crippen LogP contribution in [0.5, 0.6) is 11.6 Å². The number of nitriles is 1. The quantitative estimate of drug-likeness (QED) is 0.136. The van der Waals surface area contributed by atoms with Crippen molar-refractivity contribution in [3.05, 3.63) is 106 Å². The lowest BCUT2D eigenvalue weighted by Crippen LogP contribution is -2.15. The second-order valence-corrected chi connectivity index (χ2v) is 11.8.